The molecule has 414 valence electrons. The highest BCUT2D eigenvalue weighted by Gasteiger charge is 2.19. The second-order valence-corrected chi connectivity index (χ2v) is 21.7. The predicted octanol–water partition coefficient (Wildman–Crippen LogP) is 21.3. The van der Waals surface area contributed by atoms with Crippen LogP contribution in [0.2, 0.25) is 0 Å². The average molecular weight is 988 g/mol. The van der Waals surface area contributed by atoms with Crippen molar-refractivity contribution >= 4 is 17.9 Å². The van der Waals surface area contributed by atoms with Crippen molar-refractivity contribution in [3.8, 4) is 0 Å². The first-order valence-electron chi connectivity index (χ1n) is 31.7. The number of allylic oxidation sites excluding steroid dienone is 2. The van der Waals surface area contributed by atoms with Crippen LogP contribution in [0.15, 0.2) is 12.2 Å². The summed E-state index contributed by atoms with van der Waals surface area (Å²) < 4.78 is 16.7. The Labute approximate surface area is 437 Å². The van der Waals surface area contributed by atoms with Crippen molar-refractivity contribution < 1.29 is 28.6 Å². The van der Waals surface area contributed by atoms with Gasteiger partial charge in [-0.15, -0.1) is 0 Å². The largest absolute Gasteiger partial charge is 0.462 e. The summed E-state index contributed by atoms with van der Waals surface area (Å²) >= 11 is 0. The van der Waals surface area contributed by atoms with Crippen LogP contribution in [0.5, 0.6) is 0 Å². The number of unbranched alkanes of at least 4 members (excludes halogenated alkanes) is 46. The summed E-state index contributed by atoms with van der Waals surface area (Å²) in [7, 11) is 0. The Morgan fingerprint density at radius 1 is 0.271 bits per heavy atom. The van der Waals surface area contributed by atoms with Gasteiger partial charge >= 0.3 is 17.9 Å². The van der Waals surface area contributed by atoms with Gasteiger partial charge in [0.15, 0.2) is 6.10 Å². The summed E-state index contributed by atoms with van der Waals surface area (Å²) in [5.41, 5.74) is 0. The Kier molecular flexibility index (Phi) is 58.1. The van der Waals surface area contributed by atoms with Gasteiger partial charge in [-0.3, -0.25) is 14.4 Å². The van der Waals surface area contributed by atoms with Crippen LogP contribution in [0.1, 0.15) is 361 Å². The lowest BCUT2D eigenvalue weighted by Gasteiger charge is -2.18. The maximum Gasteiger partial charge on any atom is 0.306 e. The monoisotopic (exact) mass is 987 g/mol. The van der Waals surface area contributed by atoms with Crippen LogP contribution in [0.4, 0.5) is 0 Å². The maximum absolute atomic E-state index is 12.8. The first-order chi connectivity index (χ1) is 34.5. The summed E-state index contributed by atoms with van der Waals surface area (Å²) in [5, 5.41) is 0. The van der Waals surface area contributed by atoms with E-state index in [0.29, 0.717) is 19.3 Å². The molecule has 0 aromatic carbocycles. The van der Waals surface area contributed by atoms with E-state index in [1.807, 2.05) is 0 Å². The van der Waals surface area contributed by atoms with E-state index < -0.39 is 6.10 Å². The van der Waals surface area contributed by atoms with Crippen LogP contribution in [-0.2, 0) is 28.6 Å². The van der Waals surface area contributed by atoms with Gasteiger partial charge in [0, 0.05) is 19.3 Å². The zero-order valence-corrected chi connectivity index (χ0v) is 47.6. The molecule has 1 atom stereocenters. The third-order valence-corrected chi connectivity index (χ3v) is 14.5. The van der Waals surface area contributed by atoms with Gasteiger partial charge in [-0.05, 0) is 44.9 Å². The molecule has 0 aliphatic carbocycles. The molecule has 1 unspecified atom stereocenters. The second kappa shape index (κ2) is 59.7. The fraction of sp³-hybridized carbons (Fsp3) is 0.922. The Hall–Kier alpha value is -1.85. The Morgan fingerprint density at radius 2 is 0.471 bits per heavy atom. The van der Waals surface area contributed by atoms with Gasteiger partial charge in [0.2, 0.25) is 0 Å². The average Bonchev–Trinajstić information content (AvgIpc) is 3.36. The zero-order chi connectivity index (χ0) is 50.7. The van der Waals surface area contributed by atoms with Gasteiger partial charge in [0.1, 0.15) is 13.2 Å². The Morgan fingerprint density at radius 3 is 0.714 bits per heavy atom. The molecule has 70 heavy (non-hydrogen) atoms. The SMILES string of the molecule is CCCCCCCCC/C=C\CCCCCCCC(=O)OC(COC(=O)CCCCCCC)COC(=O)CCCCCCCCCCCCCCCCCCCCCCCCCCCCCCCCC. The van der Waals surface area contributed by atoms with Crippen LogP contribution in [0.25, 0.3) is 0 Å². The lowest BCUT2D eigenvalue weighted by Crippen LogP contribution is -2.30. The molecule has 6 heteroatoms. The molecule has 6 nitrogen and oxygen atoms in total. The minimum Gasteiger partial charge on any atom is -0.462 e. The van der Waals surface area contributed by atoms with Crippen molar-refractivity contribution in [2.45, 2.75) is 367 Å². The molecule has 0 aliphatic rings. The number of carbonyl (C=O) groups excluding carboxylic acids is 3. The number of hydrogen-bond donors (Lipinski definition) is 0. The van der Waals surface area contributed by atoms with E-state index in [0.717, 1.165) is 70.6 Å². The first-order valence-corrected chi connectivity index (χ1v) is 31.7. The van der Waals surface area contributed by atoms with Gasteiger partial charge < -0.3 is 14.2 Å². The molecule has 0 aliphatic heterocycles. The van der Waals surface area contributed by atoms with Crippen molar-refractivity contribution in [3.63, 3.8) is 0 Å². The molecular formula is C64H122O6. The summed E-state index contributed by atoms with van der Waals surface area (Å²) in [6.07, 6.45) is 70.0. The number of hydrogen-bond acceptors (Lipinski definition) is 6. The standard InChI is InChI=1S/C64H122O6/c1-4-7-10-13-15-17-19-21-23-25-26-27-28-29-30-31-32-33-34-35-36-37-38-39-41-42-44-46-48-51-54-57-63(66)69-60-61(59-68-62(65)56-53-50-12-9-6-3)70-64(67)58-55-52-49-47-45-43-40-24-22-20-18-16-14-11-8-5-2/h24,40,61H,4-23,25-39,41-60H2,1-3H3/b40-24-. The molecule has 0 saturated heterocycles. The third-order valence-electron chi connectivity index (χ3n) is 14.5. The maximum atomic E-state index is 12.8. The highest BCUT2D eigenvalue weighted by molar-refractivity contribution is 5.71. The third kappa shape index (κ3) is 57.1. The summed E-state index contributed by atoms with van der Waals surface area (Å²) in [4.78, 5) is 37.8. The van der Waals surface area contributed by atoms with E-state index in [1.165, 1.54) is 250 Å². The van der Waals surface area contributed by atoms with Crippen LogP contribution in [0.3, 0.4) is 0 Å². The lowest BCUT2D eigenvalue weighted by atomic mass is 10.0. The molecule has 0 saturated carbocycles. The topological polar surface area (TPSA) is 78.9 Å². The summed E-state index contributed by atoms with van der Waals surface area (Å²) in [5.74, 6) is -0.870. The van der Waals surface area contributed by atoms with Gasteiger partial charge in [-0.1, -0.05) is 309 Å². The van der Waals surface area contributed by atoms with E-state index in [9.17, 15) is 14.4 Å². The molecule has 0 heterocycles. The number of carbonyl (C=O) groups is 3. The van der Waals surface area contributed by atoms with Gasteiger partial charge in [-0.25, -0.2) is 0 Å². The van der Waals surface area contributed by atoms with Crippen molar-refractivity contribution in [1.82, 2.24) is 0 Å². The Bertz CT molecular complexity index is 1090. The van der Waals surface area contributed by atoms with Gasteiger partial charge in [0.25, 0.3) is 0 Å². The normalized spacial score (nSPS) is 12.0. The van der Waals surface area contributed by atoms with Gasteiger partial charge in [0.05, 0.1) is 0 Å². The summed E-state index contributed by atoms with van der Waals surface area (Å²) in [6.45, 7) is 6.60. The van der Waals surface area contributed by atoms with Crippen molar-refractivity contribution in [2.75, 3.05) is 13.2 Å². The minimum atomic E-state index is -0.767. The molecule has 0 bridgehead atoms. The van der Waals surface area contributed by atoms with Crippen molar-refractivity contribution in [1.29, 1.82) is 0 Å². The second-order valence-electron chi connectivity index (χ2n) is 21.7. The van der Waals surface area contributed by atoms with Crippen LogP contribution >= 0.6 is 0 Å². The van der Waals surface area contributed by atoms with Crippen LogP contribution in [0, 0.1) is 0 Å². The molecule has 0 N–H and O–H groups in total. The number of esters is 3. The van der Waals surface area contributed by atoms with Crippen molar-refractivity contribution in [3.05, 3.63) is 12.2 Å². The number of rotatable bonds is 59. The quantitative estimate of drug-likeness (QED) is 0.0261. The summed E-state index contributed by atoms with van der Waals surface area (Å²) in [6, 6.07) is 0. The van der Waals surface area contributed by atoms with E-state index in [4.69, 9.17) is 14.2 Å². The molecular weight excluding hydrogens is 865 g/mol. The van der Waals surface area contributed by atoms with E-state index in [2.05, 4.69) is 32.9 Å². The zero-order valence-electron chi connectivity index (χ0n) is 47.6. The highest BCUT2D eigenvalue weighted by Crippen LogP contribution is 2.18. The molecule has 0 amide bonds. The molecule has 0 aromatic rings. The molecule has 0 radical (unpaired) electrons. The Balaban J connectivity index is 3.89. The van der Waals surface area contributed by atoms with E-state index in [1.54, 1.807) is 0 Å². The van der Waals surface area contributed by atoms with Crippen LogP contribution < -0.4 is 0 Å². The fourth-order valence-electron chi connectivity index (χ4n) is 9.74. The molecule has 0 spiro atoms. The highest BCUT2D eigenvalue weighted by atomic mass is 16.6. The molecule has 0 rings (SSSR count). The van der Waals surface area contributed by atoms with Crippen LogP contribution in [-0.4, -0.2) is 37.2 Å². The predicted molar refractivity (Wildman–Crippen MR) is 303 cm³/mol. The molecule has 0 aromatic heterocycles. The smallest absolute Gasteiger partial charge is 0.306 e. The minimum absolute atomic E-state index is 0.0690. The van der Waals surface area contributed by atoms with Gasteiger partial charge in [-0.2, -0.15) is 0 Å². The molecule has 0 fully saturated rings. The fourth-order valence-corrected chi connectivity index (χ4v) is 9.74. The van der Waals surface area contributed by atoms with E-state index >= 15 is 0 Å². The lowest BCUT2D eigenvalue weighted by molar-refractivity contribution is -0.167. The first kappa shape index (κ1) is 68.2. The number of ether oxygens (including phenoxy) is 3. The van der Waals surface area contributed by atoms with Crippen molar-refractivity contribution in [2.24, 2.45) is 0 Å². The van der Waals surface area contributed by atoms with E-state index in [-0.39, 0.29) is 31.1 Å².